The number of carbonyl (C=O) groups excluding carboxylic acids is 2. The van der Waals surface area contributed by atoms with Crippen LogP contribution in [0.3, 0.4) is 0 Å². The van der Waals surface area contributed by atoms with Gasteiger partial charge in [0.2, 0.25) is 0 Å². The molecule has 2 aromatic carbocycles. The molecule has 1 atom stereocenters. The van der Waals surface area contributed by atoms with E-state index in [1.807, 2.05) is 30.3 Å². The van der Waals surface area contributed by atoms with Crippen LogP contribution in [0.4, 0.5) is 10.5 Å². The van der Waals surface area contributed by atoms with Crippen LogP contribution in [0.15, 0.2) is 54.6 Å². The zero-order valence-corrected chi connectivity index (χ0v) is 13.9. The average molecular weight is 326 g/mol. The van der Waals surface area contributed by atoms with Crippen LogP contribution in [0.2, 0.25) is 0 Å². The van der Waals surface area contributed by atoms with Crippen molar-refractivity contribution >= 4 is 17.5 Å². The lowest BCUT2D eigenvalue weighted by molar-refractivity contribution is 0.101. The highest BCUT2D eigenvalue weighted by molar-refractivity contribution is 5.96. The number of aliphatic hydroxyl groups excluding tert-OH is 1. The first-order chi connectivity index (χ1) is 11.5. The van der Waals surface area contributed by atoms with E-state index in [0.717, 1.165) is 5.56 Å². The maximum absolute atomic E-state index is 12.5. The van der Waals surface area contributed by atoms with Crippen LogP contribution in [-0.2, 0) is 0 Å². The molecule has 0 aliphatic carbocycles. The molecule has 0 saturated carbocycles. The normalized spacial score (nSPS) is 11.6. The highest BCUT2D eigenvalue weighted by atomic mass is 16.3. The third kappa shape index (κ3) is 4.43. The summed E-state index contributed by atoms with van der Waals surface area (Å²) in [5.41, 5.74) is 2.07. The molecular weight excluding hydrogens is 304 g/mol. The largest absolute Gasteiger partial charge is 0.396 e. The molecule has 5 nitrogen and oxygen atoms in total. The minimum absolute atomic E-state index is 0.0169. The van der Waals surface area contributed by atoms with Crippen LogP contribution < -0.4 is 5.32 Å². The van der Waals surface area contributed by atoms with Crippen molar-refractivity contribution in [2.24, 2.45) is 0 Å². The summed E-state index contributed by atoms with van der Waals surface area (Å²) in [6, 6.07) is 15.9. The van der Waals surface area contributed by atoms with Gasteiger partial charge in [0.1, 0.15) is 0 Å². The second-order valence-corrected chi connectivity index (χ2v) is 5.62. The van der Waals surface area contributed by atoms with E-state index in [0.29, 0.717) is 17.7 Å². The second-order valence-electron chi connectivity index (χ2n) is 5.62. The molecule has 0 aliphatic heterocycles. The lowest BCUT2D eigenvalue weighted by Crippen LogP contribution is -2.35. The zero-order chi connectivity index (χ0) is 17.5. The third-order valence-electron chi connectivity index (χ3n) is 3.90. The lowest BCUT2D eigenvalue weighted by atomic mass is 10.0. The molecule has 24 heavy (non-hydrogen) atoms. The fraction of sp³-hybridized carbons (Fsp3) is 0.263. The number of hydrogen-bond acceptors (Lipinski definition) is 3. The van der Waals surface area contributed by atoms with Crippen LogP contribution in [0.25, 0.3) is 0 Å². The molecule has 0 fully saturated rings. The Hall–Kier alpha value is -2.66. The molecule has 2 amide bonds. The number of nitrogens with one attached hydrogen (secondary N) is 1. The summed E-state index contributed by atoms with van der Waals surface area (Å²) in [7, 11) is 1.69. The molecule has 0 radical (unpaired) electrons. The standard InChI is InChI=1S/C19H22N2O3/c1-14(23)16-9-6-10-17(13-16)20-19(24)21(2)18(11-12-22)15-7-4-3-5-8-15/h3-10,13,18,22H,11-12H2,1-2H3,(H,20,24)/t18-/m0/s1. The fourth-order valence-electron chi connectivity index (χ4n) is 2.55. The van der Waals surface area contributed by atoms with Crippen molar-refractivity contribution < 1.29 is 14.7 Å². The van der Waals surface area contributed by atoms with E-state index < -0.39 is 0 Å². The summed E-state index contributed by atoms with van der Waals surface area (Å²) in [4.78, 5) is 25.5. The van der Waals surface area contributed by atoms with Crippen molar-refractivity contribution in [3.8, 4) is 0 Å². The maximum atomic E-state index is 12.5. The molecule has 5 heteroatoms. The lowest BCUT2D eigenvalue weighted by Gasteiger charge is -2.28. The predicted molar refractivity (Wildman–Crippen MR) is 94.1 cm³/mol. The van der Waals surface area contributed by atoms with Crippen LogP contribution in [0, 0.1) is 0 Å². The average Bonchev–Trinajstić information content (AvgIpc) is 2.60. The minimum Gasteiger partial charge on any atom is -0.396 e. The van der Waals surface area contributed by atoms with Gasteiger partial charge < -0.3 is 15.3 Å². The smallest absolute Gasteiger partial charge is 0.322 e. The summed E-state index contributed by atoms with van der Waals surface area (Å²) in [5.74, 6) is -0.0538. The van der Waals surface area contributed by atoms with E-state index >= 15 is 0 Å². The summed E-state index contributed by atoms with van der Waals surface area (Å²) >= 11 is 0. The number of Topliss-reactive ketones (excluding diaryl/α,β-unsaturated/α-hetero) is 1. The Bertz CT molecular complexity index is 701. The van der Waals surface area contributed by atoms with Crippen molar-refractivity contribution in [2.45, 2.75) is 19.4 Å². The van der Waals surface area contributed by atoms with Gasteiger partial charge in [-0.3, -0.25) is 4.79 Å². The molecule has 0 saturated heterocycles. The number of amides is 2. The Labute approximate surface area is 141 Å². The number of hydrogen-bond donors (Lipinski definition) is 2. The molecule has 126 valence electrons. The van der Waals surface area contributed by atoms with Crippen molar-refractivity contribution in [2.75, 3.05) is 19.0 Å². The summed E-state index contributed by atoms with van der Waals surface area (Å²) in [6.07, 6.45) is 0.446. The van der Waals surface area contributed by atoms with Gasteiger partial charge in [-0.25, -0.2) is 4.79 Å². The van der Waals surface area contributed by atoms with E-state index in [-0.39, 0.29) is 24.5 Å². The number of anilines is 1. The van der Waals surface area contributed by atoms with Gasteiger partial charge in [0.25, 0.3) is 0 Å². The Kier molecular flexibility index (Phi) is 6.09. The van der Waals surface area contributed by atoms with E-state index in [9.17, 15) is 14.7 Å². The first-order valence-electron chi connectivity index (χ1n) is 7.83. The minimum atomic E-state index is -0.294. The van der Waals surface area contributed by atoms with Gasteiger partial charge in [-0.15, -0.1) is 0 Å². The van der Waals surface area contributed by atoms with Crippen LogP contribution >= 0.6 is 0 Å². The molecule has 2 N–H and O–H groups in total. The van der Waals surface area contributed by atoms with Gasteiger partial charge in [-0.2, -0.15) is 0 Å². The van der Waals surface area contributed by atoms with Crippen LogP contribution in [-0.4, -0.2) is 35.5 Å². The number of rotatable bonds is 6. The second kappa shape index (κ2) is 8.26. The number of aliphatic hydroxyl groups is 1. The Balaban J connectivity index is 2.15. The summed E-state index contributed by atoms with van der Waals surface area (Å²) in [5, 5.41) is 12.1. The first-order valence-corrected chi connectivity index (χ1v) is 7.83. The molecule has 2 rings (SSSR count). The monoisotopic (exact) mass is 326 g/mol. The molecule has 0 aliphatic rings. The predicted octanol–water partition coefficient (Wildman–Crippen LogP) is 3.48. The molecule has 0 aromatic heterocycles. The van der Waals surface area contributed by atoms with Gasteiger partial charge >= 0.3 is 6.03 Å². The van der Waals surface area contributed by atoms with Crippen LogP contribution in [0.1, 0.15) is 35.3 Å². The summed E-state index contributed by atoms with van der Waals surface area (Å²) < 4.78 is 0. The molecule has 0 bridgehead atoms. The van der Waals surface area contributed by atoms with Crippen molar-refractivity contribution in [3.05, 3.63) is 65.7 Å². The van der Waals surface area contributed by atoms with Gasteiger partial charge in [0.15, 0.2) is 5.78 Å². The van der Waals surface area contributed by atoms with E-state index in [1.165, 1.54) is 6.92 Å². The maximum Gasteiger partial charge on any atom is 0.322 e. The quantitative estimate of drug-likeness (QED) is 0.799. The highest BCUT2D eigenvalue weighted by Crippen LogP contribution is 2.23. The summed E-state index contributed by atoms with van der Waals surface area (Å²) in [6.45, 7) is 1.47. The van der Waals surface area contributed by atoms with Crippen molar-refractivity contribution in [1.82, 2.24) is 4.90 Å². The van der Waals surface area contributed by atoms with E-state index in [1.54, 1.807) is 36.2 Å². The molecule has 0 spiro atoms. The first kappa shape index (κ1) is 17.7. The fourth-order valence-corrected chi connectivity index (χ4v) is 2.55. The SMILES string of the molecule is CC(=O)c1cccc(NC(=O)N(C)[C@@H](CCO)c2ccccc2)c1. The highest BCUT2D eigenvalue weighted by Gasteiger charge is 2.21. The number of nitrogens with zero attached hydrogens (tertiary/aromatic N) is 1. The molecule has 0 unspecified atom stereocenters. The molecular formula is C19H22N2O3. The van der Waals surface area contributed by atoms with Gasteiger partial charge in [-0.05, 0) is 31.0 Å². The van der Waals surface area contributed by atoms with Gasteiger partial charge in [0, 0.05) is 24.9 Å². The Morgan fingerprint density at radius 2 is 1.83 bits per heavy atom. The van der Waals surface area contributed by atoms with Crippen molar-refractivity contribution in [3.63, 3.8) is 0 Å². The van der Waals surface area contributed by atoms with E-state index in [2.05, 4.69) is 5.32 Å². The van der Waals surface area contributed by atoms with E-state index in [4.69, 9.17) is 0 Å². The molecule has 0 heterocycles. The van der Waals surface area contributed by atoms with Crippen molar-refractivity contribution in [1.29, 1.82) is 0 Å². The number of benzene rings is 2. The van der Waals surface area contributed by atoms with Gasteiger partial charge in [0.05, 0.1) is 6.04 Å². The number of urea groups is 1. The number of ketones is 1. The Morgan fingerprint density at radius 3 is 2.46 bits per heavy atom. The Morgan fingerprint density at radius 1 is 1.12 bits per heavy atom. The molecule has 2 aromatic rings. The van der Waals surface area contributed by atoms with Gasteiger partial charge in [-0.1, -0.05) is 42.5 Å². The third-order valence-corrected chi connectivity index (χ3v) is 3.90. The van der Waals surface area contributed by atoms with Crippen LogP contribution in [0.5, 0.6) is 0 Å². The zero-order valence-electron chi connectivity index (χ0n) is 13.9. The topological polar surface area (TPSA) is 69.6 Å². The number of carbonyl (C=O) groups is 2.